The fraction of sp³-hybridized carbons (Fsp3) is 0.526. The predicted molar refractivity (Wildman–Crippen MR) is 105 cm³/mol. The van der Waals surface area contributed by atoms with Crippen molar-refractivity contribution < 1.29 is 14.4 Å². The fourth-order valence-corrected chi connectivity index (χ4v) is 3.59. The molecule has 7 heteroatoms. The van der Waals surface area contributed by atoms with Gasteiger partial charge in [-0.1, -0.05) is 28.8 Å². The molecule has 0 unspecified atom stereocenters. The number of anilines is 1. The number of rotatable bonds is 7. The lowest BCUT2D eigenvalue weighted by atomic mass is 10.0. The number of benzene rings is 1. The van der Waals surface area contributed by atoms with Crippen LogP contribution < -0.4 is 10.6 Å². The lowest BCUT2D eigenvalue weighted by Gasteiger charge is -2.18. The highest BCUT2D eigenvalue weighted by molar-refractivity contribution is 9.10. The molecule has 142 valence electrons. The molecule has 3 amide bonds. The van der Waals surface area contributed by atoms with Gasteiger partial charge < -0.3 is 15.5 Å². The summed E-state index contributed by atoms with van der Waals surface area (Å²) in [5.41, 5.74) is 1.64. The van der Waals surface area contributed by atoms with E-state index < -0.39 is 0 Å². The third-order valence-electron chi connectivity index (χ3n) is 4.65. The average molecular weight is 424 g/mol. The Morgan fingerprint density at radius 1 is 1.19 bits per heavy atom. The molecule has 0 heterocycles. The third-order valence-corrected chi connectivity index (χ3v) is 5.15. The normalized spacial score (nSPS) is 14.1. The van der Waals surface area contributed by atoms with Gasteiger partial charge >= 0.3 is 0 Å². The van der Waals surface area contributed by atoms with E-state index in [2.05, 4.69) is 26.6 Å². The molecule has 26 heavy (non-hydrogen) atoms. The van der Waals surface area contributed by atoms with Crippen molar-refractivity contribution in [1.82, 2.24) is 10.2 Å². The lowest BCUT2D eigenvalue weighted by molar-refractivity contribution is -0.134. The van der Waals surface area contributed by atoms with Crippen LogP contribution in [0.4, 0.5) is 5.69 Å². The number of carbonyl (C=O) groups excluding carboxylic acids is 3. The summed E-state index contributed by atoms with van der Waals surface area (Å²) < 4.78 is 0.939. The summed E-state index contributed by atoms with van der Waals surface area (Å²) in [7, 11) is 1.56. The van der Waals surface area contributed by atoms with Crippen LogP contribution in [0.3, 0.4) is 0 Å². The van der Waals surface area contributed by atoms with Crippen LogP contribution in [0.2, 0.25) is 0 Å². The molecule has 0 radical (unpaired) electrons. The van der Waals surface area contributed by atoms with Gasteiger partial charge in [-0.3, -0.25) is 14.4 Å². The van der Waals surface area contributed by atoms with Crippen LogP contribution in [-0.2, 0) is 14.4 Å². The first kappa shape index (κ1) is 20.4. The van der Waals surface area contributed by atoms with Crippen molar-refractivity contribution in [2.45, 2.75) is 39.0 Å². The summed E-state index contributed by atoms with van der Waals surface area (Å²) in [6.45, 7) is 1.76. The number of halogens is 1. The minimum atomic E-state index is -0.285. The number of nitrogens with zero attached hydrogens (tertiary/aromatic N) is 1. The van der Waals surface area contributed by atoms with E-state index in [-0.39, 0.29) is 30.8 Å². The number of carbonyl (C=O) groups is 3. The maximum atomic E-state index is 12.1. The standard InChI is InChI=1S/C19H26BrN3O3/c1-13-9-15(20)7-8-16(13)22-18(25)12-23(2)19(26)11-21-17(24)10-14-5-3-4-6-14/h7-9,14H,3-6,10-12H2,1-2H3,(H,21,24)(H,22,25). The molecule has 0 atom stereocenters. The van der Waals surface area contributed by atoms with Gasteiger partial charge in [0, 0.05) is 23.6 Å². The number of likely N-dealkylation sites (N-methyl/N-ethyl adjacent to an activating group) is 1. The smallest absolute Gasteiger partial charge is 0.243 e. The lowest BCUT2D eigenvalue weighted by Crippen LogP contribution is -2.41. The highest BCUT2D eigenvalue weighted by atomic mass is 79.9. The summed E-state index contributed by atoms with van der Waals surface area (Å²) >= 11 is 3.38. The van der Waals surface area contributed by atoms with Crippen LogP contribution in [0.15, 0.2) is 22.7 Å². The first-order valence-corrected chi connectivity index (χ1v) is 9.71. The molecule has 0 aliphatic heterocycles. The number of hydrogen-bond donors (Lipinski definition) is 2. The summed E-state index contributed by atoms with van der Waals surface area (Å²) in [5.74, 6) is -0.202. The summed E-state index contributed by atoms with van der Waals surface area (Å²) in [4.78, 5) is 37.4. The van der Waals surface area contributed by atoms with Crippen LogP contribution in [-0.4, -0.2) is 42.8 Å². The van der Waals surface area contributed by atoms with Crippen molar-refractivity contribution >= 4 is 39.3 Å². The van der Waals surface area contributed by atoms with Crippen molar-refractivity contribution in [2.24, 2.45) is 5.92 Å². The molecule has 0 spiro atoms. The highest BCUT2D eigenvalue weighted by Gasteiger charge is 2.19. The van der Waals surface area contributed by atoms with E-state index in [0.717, 1.165) is 22.9 Å². The number of aryl methyl sites for hydroxylation is 1. The Morgan fingerprint density at radius 3 is 2.54 bits per heavy atom. The molecule has 1 aromatic rings. The summed E-state index contributed by atoms with van der Waals surface area (Å²) in [6.07, 6.45) is 5.05. The van der Waals surface area contributed by atoms with E-state index in [1.807, 2.05) is 25.1 Å². The molecule has 0 aromatic heterocycles. The second-order valence-corrected chi connectivity index (χ2v) is 7.80. The maximum absolute atomic E-state index is 12.1. The first-order chi connectivity index (χ1) is 12.3. The molecule has 1 aliphatic rings. The second kappa shape index (κ2) is 9.71. The Morgan fingerprint density at radius 2 is 1.88 bits per heavy atom. The van der Waals surface area contributed by atoms with Crippen molar-refractivity contribution in [3.05, 3.63) is 28.2 Å². The minimum Gasteiger partial charge on any atom is -0.347 e. The average Bonchev–Trinajstić information content (AvgIpc) is 3.08. The molecule has 0 saturated heterocycles. The topological polar surface area (TPSA) is 78.5 Å². The van der Waals surface area contributed by atoms with E-state index in [4.69, 9.17) is 0 Å². The van der Waals surface area contributed by atoms with Gasteiger partial charge in [-0.05, 0) is 49.4 Å². The van der Waals surface area contributed by atoms with Gasteiger partial charge in [0.05, 0.1) is 13.1 Å². The SMILES string of the molecule is Cc1cc(Br)ccc1NC(=O)CN(C)C(=O)CNC(=O)CC1CCCC1. The van der Waals surface area contributed by atoms with E-state index in [1.165, 1.54) is 17.7 Å². The van der Waals surface area contributed by atoms with Crippen LogP contribution in [0.25, 0.3) is 0 Å². The summed E-state index contributed by atoms with van der Waals surface area (Å²) in [6, 6.07) is 5.56. The molecular weight excluding hydrogens is 398 g/mol. The molecule has 1 fully saturated rings. The number of hydrogen-bond acceptors (Lipinski definition) is 3. The fourth-order valence-electron chi connectivity index (χ4n) is 3.12. The van der Waals surface area contributed by atoms with Crippen molar-refractivity contribution in [3.63, 3.8) is 0 Å². The van der Waals surface area contributed by atoms with Gasteiger partial charge in [0.2, 0.25) is 17.7 Å². The van der Waals surface area contributed by atoms with Gasteiger partial charge in [-0.2, -0.15) is 0 Å². The van der Waals surface area contributed by atoms with Gasteiger partial charge in [-0.15, -0.1) is 0 Å². The zero-order valence-electron chi connectivity index (χ0n) is 15.3. The van der Waals surface area contributed by atoms with Crippen molar-refractivity contribution in [3.8, 4) is 0 Å². The minimum absolute atomic E-state index is 0.0627. The maximum Gasteiger partial charge on any atom is 0.243 e. The van der Waals surface area contributed by atoms with Crippen molar-refractivity contribution in [2.75, 3.05) is 25.5 Å². The van der Waals surface area contributed by atoms with Crippen molar-refractivity contribution in [1.29, 1.82) is 0 Å². The second-order valence-electron chi connectivity index (χ2n) is 6.89. The van der Waals surface area contributed by atoms with Gasteiger partial charge in [0.25, 0.3) is 0 Å². The van der Waals surface area contributed by atoms with E-state index >= 15 is 0 Å². The number of amides is 3. The Kier molecular flexibility index (Phi) is 7.63. The Labute approximate surface area is 162 Å². The molecular formula is C19H26BrN3O3. The molecule has 0 bridgehead atoms. The summed E-state index contributed by atoms with van der Waals surface area (Å²) in [5, 5.41) is 5.46. The molecule has 2 N–H and O–H groups in total. The quantitative estimate of drug-likeness (QED) is 0.707. The highest BCUT2D eigenvalue weighted by Crippen LogP contribution is 2.27. The Balaban J connectivity index is 1.73. The van der Waals surface area contributed by atoms with Crippen LogP contribution in [0.1, 0.15) is 37.7 Å². The van der Waals surface area contributed by atoms with Crippen LogP contribution in [0, 0.1) is 12.8 Å². The molecule has 1 aromatic carbocycles. The molecule has 1 saturated carbocycles. The van der Waals surface area contributed by atoms with Gasteiger partial charge in [0.15, 0.2) is 0 Å². The molecule has 1 aliphatic carbocycles. The zero-order valence-corrected chi connectivity index (χ0v) is 16.9. The monoisotopic (exact) mass is 423 g/mol. The Hall–Kier alpha value is -1.89. The van der Waals surface area contributed by atoms with Gasteiger partial charge in [0.1, 0.15) is 0 Å². The largest absolute Gasteiger partial charge is 0.347 e. The molecule has 6 nitrogen and oxygen atoms in total. The Bertz CT molecular complexity index is 672. The first-order valence-electron chi connectivity index (χ1n) is 8.92. The van der Waals surface area contributed by atoms with Crippen LogP contribution in [0.5, 0.6) is 0 Å². The van der Waals surface area contributed by atoms with E-state index in [0.29, 0.717) is 18.0 Å². The van der Waals surface area contributed by atoms with Gasteiger partial charge in [-0.25, -0.2) is 0 Å². The van der Waals surface area contributed by atoms with E-state index in [9.17, 15) is 14.4 Å². The van der Waals surface area contributed by atoms with E-state index in [1.54, 1.807) is 7.05 Å². The number of nitrogens with one attached hydrogen (secondary N) is 2. The predicted octanol–water partition coefficient (Wildman–Crippen LogP) is 2.85. The molecule has 2 rings (SSSR count). The third kappa shape index (κ3) is 6.44. The zero-order chi connectivity index (χ0) is 19.1. The van der Waals surface area contributed by atoms with Crippen LogP contribution >= 0.6 is 15.9 Å².